The standard InChI is InChI=1S/C21H32O2/c1-14(2)16-11-15-7-8-19-20(3,4)9-6-10-21(19,13-22)17(15)12-18(16)23-5/h11-12,14,19,22H,6-10,13H2,1-5H3/t19?,21-/m0/s1. The van der Waals surface area contributed by atoms with Gasteiger partial charge in [-0.1, -0.05) is 40.2 Å². The van der Waals surface area contributed by atoms with Crippen molar-refractivity contribution in [3.05, 3.63) is 28.8 Å². The van der Waals surface area contributed by atoms with Gasteiger partial charge < -0.3 is 9.84 Å². The summed E-state index contributed by atoms with van der Waals surface area (Å²) < 4.78 is 5.71. The van der Waals surface area contributed by atoms with E-state index in [2.05, 4.69) is 39.8 Å². The molecule has 1 fully saturated rings. The van der Waals surface area contributed by atoms with Gasteiger partial charge in [-0.2, -0.15) is 0 Å². The molecule has 2 nitrogen and oxygen atoms in total. The average Bonchev–Trinajstić information content (AvgIpc) is 2.52. The molecule has 2 aliphatic carbocycles. The Morgan fingerprint density at radius 2 is 2.00 bits per heavy atom. The zero-order valence-corrected chi connectivity index (χ0v) is 15.4. The topological polar surface area (TPSA) is 29.5 Å². The predicted octanol–water partition coefficient (Wildman–Crippen LogP) is 4.82. The van der Waals surface area contributed by atoms with E-state index in [1.807, 2.05) is 0 Å². The van der Waals surface area contributed by atoms with Crippen LogP contribution in [-0.2, 0) is 11.8 Å². The Hall–Kier alpha value is -1.02. The monoisotopic (exact) mass is 316 g/mol. The zero-order chi connectivity index (χ0) is 16.8. The van der Waals surface area contributed by atoms with E-state index in [4.69, 9.17) is 4.74 Å². The maximum Gasteiger partial charge on any atom is 0.122 e. The molecule has 2 atom stereocenters. The summed E-state index contributed by atoms with van der Waals surface area (Å²) in [6.07, 6.45) is 5.92. The van der Waals surface area contributed by atoms with Crippen molar-refractivity contribution in [2.24, 2.45) is 11.3 Å². The van der Waals surface area contributed by atoms with Gasteiger partial charge in [0.05, 0.1) is 13.7 Å². The van der Waals surface area contributed by atoms with Crippen LogP contribution in [0.15, 0.2) is 12.1 Å². The van der Waals surface area contributed by atoms with E-state index in [1.54, 1.807) is 7.11 Å². The molecule has 0 amide bonds. The van der Waals surface area contributed by atoms with Crippen LogP contribution < -0.4 is 4.74 Å². The van der Waals surface area contributed by atoms with Crippen molar-refractivity contribution in [1.82, 2.24) is 0 Å². The first-order chi connectivity index (χ1) is 10.9. The summed E-state index contributed by atoms with van der Waals surface area (Å²) in [5, 5.41) is 10.5. The lowest BCUT2D eigenvalue weighted by molar-refractivity contribution is -0.00522. The van der Waals surface area contributed by atoms with Crippen molar-refractivity contribution in [2.45, 2.75) is 71.1 Å². The lowest BCUT2D eigenvalue weighted by Crippen LogP contribution is -2.51. The summed E-state index contributed by atoms with van der Waals surface area (Å²) in [4.78, 5) is 0. The van der Waals surface area contributed by atoms with Crippen LogP contribution >= 0.6 is 0 Å². The number of hydrogen-bond donors (Lipinski definition) is 1. The third-order valence-electron chi connectivity index (χ3n) is 6.65. The van der Waals surface area contributed by atoms with Crippen LogP contribution in [0, 0.1) is 11.3 Å². The van der Waals surface area contributed by atoms with Crippen LogP contribution in [-0.4, -0.2) is 18.8 Å². The van der Waals surface area contributed by atoms with Crippen LogP contribution in [0.2, 0.25) is 0 Å². The van der Waals surface area contributed by atoms with Crippen molar-refractivity contribution in [1.29, 1.82) is 0 Å². The fraction of sp³-hybridized carbons (Fsp3) is 0.714. The largest absolute Gasteiger partial charge is 0.496 e. The first-order valence-corrected chi connectivity index (χ1v) is 9.18. The van der Waals surface area contributed by atoms with E-state index in [-0.39, 0.29) is 12.0 Å². The van der Waals surface area contributed by atoms with Crippen LogP contribution in [0.1, 0.15) is 76.0 Å². The first-order valence-electron chi connectivity index (χ1n) is 9.18. The van der Waals surface area contributed by atoms with Gasteiger partial charge in [-0.25, -0.2) is 0 Å². The highest BCUT2D eigenvalue weighted by Crippen LogP contribution is 2.57. The number of ether oxygens (including phenoxy) is 1. The quantitative estimate of drug-likeness (QED) is 0.866. The molecule has 1 aromatic carbocycles. The number of methoxy groups -OCH3 is 1. The van der Waals surface area contributed by atoms with Gasteiger partial charge in [-0.15, -0.1) is 0 Å². The summed E-state index contributed by atoms with van der Waals surface area (Å²) in [5.74, 6) is 2.02. The van der Waals surface area contributed by atoms with E-state index < -0.39 is 0 Å². The van der Waals surface area contributed by atoms with Crippen LogP contribution in [0.3, 0.4) is 0 Å². The van der Waals surface area contributed by atoms with Crippen molar-refractivity contribution >= 4 is 0 Å². The molecule has 0 saturated heterocycles. The second kappa shape index (κ2) is 5.81. The van der Waals surface area contributed by atoms with Gasteiger partial charge in [0, 0.05) is 5.41 Å². The van der Waals surface area contributed by atoms with E-state index in [0.29, 0.717) is 17.3 Å². The number of hydrogen-bond acceptors (Lipinski definition) is 2. The summed E-state index contributed by atoms with van der Waals surface area (Å²) in [5.41, 5.74) is 4.34. The normalized spacial score (nSPS) is 29.1. The third kappa shape index (κ3) is 2.50. The third-order valence-corrected chi connectivity index (χ3v) is 6.65. The van der Waals surface area contributed by atoms with Crippen molar-refractivity contribution in [2.75, 3.05) is 13.7 Å². The molecule has 1 saturated carbocycles. The molecule has 2 aliphatic rings. The van der Waals surface area contributed by atoms with Crippen molar-refractivity contribution < 1.29 is 9.84 Å². The molecule has 1 N–H and O–H groups in total. The molecule has 23 heavy (non-hydrogen) atoms. The molecule has 0 aliphatic heterocycles. The molecule has 3 rings (SSSR count). The first kappa shape index (κ1) is 16.8. The lowest BCUT2D eigenvalue weighted by Gasteiger charge is -2.55. The Balaban J connectivity index is 2.17. The van der Waals surface area contributed by atoms with Crippen LogP contribution in [0.4, 0.5) is 0 Å². The van der Waals surface area contributed by atoms with Crippen molar-refractivity contribution in [3.8, 4) is 5.75 Å². The number of aryl methyl sites for hydroxylation is 1. The Bertz CT molecular complexity index is 588. The average molecular weight is 316 g/mol. The number of aliphatic hydroxyl groups excluding tert-OH is 1. The molecule has 1 unspecified atom stereocenters. The fourth-order valence-corrected chi connectivity index (χ4v) is 5.46. The van der Waals surface area contributed by atoms with Gasteiger partial charge in [0.15, 0.2) is 0 Å². The second-order valence-electron chi connectivity index (χ2n) is 8.65. The van der Waals surface area contributed by atoms with E-state index in [0.717, 1.165) is 18.6 Å². The summed E-state index contributed by atoms with van der Waals surface area (Å²) in [6, 6.07) is 4.61. The number of aliphatic hydroxyl groups is 1. The predicted molar refractivity (Wildman–Crippen MR) is 95.3 cm³/mol. The highest BCUT2D eigenvalue weighted by Gasteiger charge is 2.52. The molecule has 0 spiro atoms. The highest BCUT2D eigenvalue weighted by atomic mass is 16.5. The maximum atomic E-state index is 10.5. The highest BCUT2D eigenvalue weighted by molar-refractivity contribution is 5.49. The minimum absolute atomic E-state index is 0.0713. The van der Waals surface area contributed by atoms with E-state index in [1.165, 1.54) is 36.0 Å². The Kier molecular flexibility index (Phi) is 4.25. The van der Waals surface area contributed by atoms with Crippen LogP contribution in [0.5, 0.6) is 5.75 Å². The number of fused-ring (bicyclic) bond motifs is 3. The summed E-state index contributed by atoms with van der Waals surface area (Å²) >= 11 is 0. The lowest BCUT2D eigenvalue weighted by atomic mass is 9.50. The molecular formula is C21H32O2. The van der Waals surface area contributed by atoms with Gasteiger partial charge in [0.25, 0.3) is 0 Å². The minimum Gasteiger partial charge on any atom is -0.496 e. The van der Waals surface area contributed by atoms with Gasteiger partial charge >= 0.3 is 0 Å². The molecule has 0 heterocycles. The molecule has 2 heteroatoms. The molecule has 1 aromatic rings. The fourth-order valence-electron chi connectivity index (χ4n) is 5.46. The Morgan fingerprint density at radius 1 is 1.26 bits per heavy atom. The molecule has 128 valence electrons. The number of rotatable bonds is 3. The van der Waals surface area contributed by atoms with Crippen LogP contribution in [0.25, 0.3) is 0 Å². The zero-order valence-electron chi connectivity index (χ0n) is 15.4. The second-order valence-corrected chi connectivity index (χ2v) is 8.65. The summed E-state index contributed by atoms with van der Waals surface area (Å²) in [6.45, 7) is 9.50. The Labute approximate surface area is 141 Å². The van der Waals surface area contributed by atoms with E-state index in [9.17, 15) is 5.11 Å². The minimum atomic E-state index is -0.0713. The van der Waals surface area contributed by atoms with Gasteiger partial charge in [0.1, 0.15) is 5.75 Å². The molecule has 0 aromatic heterocycles. The molecule has 0 bridgehead atoms. The van der Waals surface area contributed by atoms with Gasteiger partial charge in [-0.3, -0.25) is 0 Å². The van der Waals surface area contributed by atoms with Crippen molar-refractivity contribution in [3.63, 3.8) is 0 Å². The SMILES string of the molecule is COc1cc2c(cc1C(C)C)CCC1C(C)(C)CCC[C@]21CO. The Morgan fingerprint density at radius 3 is 2.61 bits per heavy atom. The maximum absolute atomic E-state index is 10.5. The van der Waals surface area contributed by atoms with Gasteiger partial charge in [-0.05, 0) is 65.7 Å². The smallest absolute Gasteiger partial charge is 0.122 e. The number of benzene rings is 1. The van der Waals surface area contributed by atoms with Gasteiger partial charge in [0.2, 0.25) is 0 Å². The molecular weight excluding hydrogens is 284 g/mol. The van der Waals surface area contributed by atoms with E-state index >= 15 is 0 Å². The summed E-state index contributed by atoms with van der Waals surface area (Å²) in [7, 11) is 1.77. The molecule has 0 radical (unpaired) electrons.